The zero-order valence-electron chi connectivity index (χ0n) is 14.1. The number of nitrogens with zero attached hydrogens (tertiary/aromatic N) is 4. The number of carbonyl (C=O) groups is 1. The number of carbonyl (C=O) groups excluding carboxylic acids is 1. The third-order valence-electron chi connectivity index (χ3n) is 4.53. The molecule has 0 unspecified atom stereocenters. The second-order valence-corrected chi connectivity index (χ2v) is 6.10. The number of halogens is 1. The molecule has 4 heterocycles. The van der Waals surface area contributed by atoms with Gasteiger partial charge in [-0.3, -0.25) is 9.59 Å². The standard InChI is InChI=1S/C18H14FN5O3/c19-11-8-12-15(13(9-20)17(25)22-16(12)21-10-11)23-3-5-24(6-4-23)18(26)14-2-1-7-27-14/h1-2,7-8,10H,3-6H2,(H,21,22,25). The van der Waals surface area contributed by atoms with Gasteiger partial charge in [0, 0.05) is 31.6 Å². The number of hydrogen-bond acceptors (Lipinski definition) is 6. The average Bonchev–Trinajstić information content (AvgIpc) is 3.22. The number of nitriles is 1. The fraction of sp³-hybridized carbons (Fsp3) is 0.222. The Bertz CT molecular complexity index is 1110. The Hall–Kier alpha value is -3.67. The first-order chi connectivity index (χ1) is 13.1. The summed E-state index contributed by atoms with van der Waals surface area (Å²) in [5.74, 6) is -0.524. The molecule has 1 fully saturated rings. The van der Waals surface area contributed by atoms with E-state index in [1.54, 1.807) is 17.0 Å². The Kier molecular flexibility index (Phi) is 4.08. The lowest BCUT2D eigenvalue weighted by Crippen LogP contribution is -2.49. The Morgan fingerprint density at radius 2 is 2.11 bits per heavy atom. The average molecular weight is 367 g/mol. The first-order valence-corrected chi connectivity index (χ1v) is 8.28. The molecular formula is C18H14FN5O3. The van der Waals surface area contributed by atoms with Crippen molar-refractivity contribution in [1.82, 2.24) is 14.9 Å². The van der Waals surface area contributed by atoms with Crippen molar-refractivity contribution in [2.75, 3.05) is 31.1 Å². The van der Waals surface area contributed by atoms with Gasteiger partial charge in [0.2, 0.25) is 0 Å². The number of H-pyrrole nitrogens is 1. The Balaban J connectivity index is 1.68. The maximum absolute atomic E-state index is 13.7. The van der Waals surface area contributed by atoms with E-state index in [-0.39, 0.29) is 22.9 Å². The number of aromatic amines is 1. The van der Waals surface area contributed by atoms with Crippen molar-refractivity contribution >= 4 is 22.6 Å². The van der Waals surface area contributed by atoms with Crippen LogP contribution in [0.3, 0.4) is 0 Å². The van der Waals surface area contributed by atoms with Gasteiger partial charge in [0.15, 0.2) is 5.76 Å². The molecule has 0 spiro atoms. The molecule has 1 aliphatic rings. The van der Waals surface area contributed by atoms with Gasteiger partial charge in [-0.25, -0.2) is 9.37 Å². The lowest BCUT2D eigenvalue weighted by molar-refractivity contribution is 0.0715. The van der Waals surface area contributed by atoms with Gasteiger partial charge in [-0.05, 0) is 18.2 Å². The first kappa shape index (κ1) is 16.8. The van der Waals surface area contributed by atoms with Gasteiger partial charge < -0.3 is 19.2 Å². The van der Waals surface area contributed by atoms with Crippen LogP contribution in [-0.4, -0.2) is 47.0 Å². The monoisotopic (exact) mass is 367 g/mol. The molecule has 4 rings (SSSR count). The summed E-state index contributed by atoms with van der Waals surface area (Å²) in [5.41, 5.74) is -0.119. The SMILES string of the molecule is N#Cc1c(N2CCN(C(=O)c3ccco3)CC2)c2cc(F)cnc2[nH]c1=O. The van der Waals surface area contributed by atoms with Gasteiger partial charge in [-0.1, -0.05) is 0 Å². The van der Waals surface area contributed by atoms with Gasteiger partial charge in [0.25, 0.3) is 11.5 Å². The van der Waals surface area contributed by atoms with Gasteiger partial charge in [-0.2, -0.15) is 5.26 Å². The van der Waals surface area contributed by atoms with E-state index in [0.29, 0.717) is 37.3 Å². The lowest BCUT2D eigenvalue weighted by Gasteiger charge is -2.36. The smallest absolute Gasteiger partial charge is 0.289 e. The second-order valence-electron chi connectivity index (χ2n) is 6.10. The summed E-state index contributed by atoms with van der Waals surface area (Å²) in [6.07, 6.45) is 2.45. The highest BCUT2D eigenvalue weighted by atomic mass is 19.1. The van der Waals surface area contributed by atoms with E-state index in [2.05, 4.69) is 9.97 Å². The summed E-state index contributed by atoms with van der Waals surface area (Å²) in [6, 6.07) is 6.39. The molecule has 27 heavy (non-hydrogen) atoms. The molecular weight excluding hydrogens is 353 g/mol. The molecule has 0 aromatic carbocycles. The summed E-state index contributed by atoms with van der Waals surface area (Å²) in [4.78, 5) is 34.5. The number of aromatic nitrogens is 2. The van der Waals surface area contributed by atoms with E-state index < -0.39 is 11.4 Å². The fourth-order valence-corrected chi connectivity index (χ4v) is 3.25. The maximum atomic E-state index is 13.7. The van der Waals surface area contributed by atoms with E-state index in [1.807, 2.05) is 11.0 Å². The van der Waals surface area contributed by atoms with Crippen LogP contribution in [0, 0.1) is 17.1 Å². The van der Waals surface area contributed by atoms with Crippen LogP contribution in [0.25, 0.3) is 11.0 Å². The van der Waals surface area contributed by atoms with Crippen molar-refractivity contribution in [2.24, 2.45) is 0 Å². The lowest BCUT2D eigenvalue weighted by atomic mass is 10.1. The number of amides is 1. The predicted molar refractivity (Wildman–Crippen MR) is 93.9 cm³/mol. The van der Waals surface area contributed by atoms with Crippen LogP contribution in [0.1, 0.15) is 16.1 Å². The zero-order chi connectivity index (χ0) is 19.0. The number of anilines is 1. The van der Waals surface area contributed by atoms with Crippen LogP contribution in [-0.2, 0) is 0 Å². The Labute approximate surface area is 152 Å². The minimum atomic E-state index is -0.576. The normalized spacial score (nSPS) is 14.4. The third kappa shape index (κ3) is 2.91. The van der Waals surface area contributed by atoms with E-state index in [0.717, 1.165) is 6.20 Å². The second kappa shape index (κ2) is 6.57. The van der Waals surface area contributed by atoms with Gasteiger partial charge in [0.1, 0.15) is 23.1 Å². The predicted octanol–water partition coefficient (Wildman–Crippen LogP) is 1.49. The van der Waals surface area contributed by atoms with Crippen molar-refractivity contribution in [3.05, 3.63) is 58.2 Å². The molecule has 0 aliphatic carbocycles. The molecule has 1 aliphatic heterocycles. The van der Waals surface area contributed by atoms with Crippen molar-refractivity contribution in [3.8, 4) is 6.07 Å². The minimum Gasteiger partial charge on any atom is -0.459 e. The molecule has 1 N–H and O–H groups in total. The van der Waals surface area contributed by atoms with Gasteiger partial charge in [0.05, 0.1) is 18.1 Å². The molecule has 3 aromatic rings. The zero-order valence-corrected chi connectivity index (χ0v) is 14.1. The number of piperazine rings is 1. The number of nitrogens with one attached hydrogen (secondary N) is 1. The summed E-state index contributed by atoms with van der Waals surface area (Å²) >= 11 is 0. The topological polar surface area (TPSA) is 106 Å². The summed E-state index contributed by atoms with van der Waals surface area (Å²) in [6.45, 7) is 1.52. The van der Waals surface area contributed by atoms with Gasteiger partial charge in [-0.15, -0.1) is 0 Å². The molecule has 1 saturated heterocycles. The van der Waals surface area contributed by atoms with E-state index in [9.17, 15) is 19.2 Å². The molecule has 0 saturated carbocycles. The molecule has 8 nitrogen and oxygen atoms in total. The fourth-order valence-electron chi connectivity index (χ4n) is 3.25. The largest absolute Gasteiger partial charge is 0.459 e. The van der Waals surface area contributed by atoms with Crippen molar-refractivity contribution in [2.45, 2.75) is 0 Å². The summed E-state index contributed by atoms with van der Waals surface area (Å²) in [7, 11) is 0. The first-order valence-electron chi connectivity index (χ1n) is 8.28. The highest BCUT2D eigenvalue weighted by molar-refractivity contribution is 5.93. The van der Waals surface area contributed by atoms with Crippen molar-refractivity contribution < 1.29 is 13.6 Å². The Morgan fingerprint density at radius 1 is 1.33 bits per heavy atom. The van der Waals surface area contributed by atoms with Crippen molar-refractivity contribution in [3.63, 3.8) is 0 Å². The quantitative estimate of drug-likeness (QED) is 0.735. The molecule has 0 radical (unpaired) electrons. The highest BCUT2D eigenvalue weighted by Gasteiger charge is 2.27. The van der Waals surface area contributed by atoms with Crippen LogP contribution in [0.2, 0.25) is 0 Å². The highest BCUT2D eigenvalue weighted by Crippen LogP contribution is 2.28. The number of rotatable bonds is 2. The number of fused-ring (bicyclic) bond motifs is 1. The maximum Gasteiger partial charge on any atom is 0.289 e. The van der Waals surface area contributed by atoms with E-state index >= 15 is 0 Å². The Morgan fingerprint density at radius 3 is 2.78 bits per heavy atom. The molecule has 0 atom stereocenters. The molecule has 136 valence electrons. The van der Waals surface area contributed by atoms with Crippen LogP contribution >= 0.6 is 0 Å². The minimum absolute atomic E-state index is 0.0966. The molecule has 0 bridgehead atoms. The van der Waals surface area contributed by atoms with E-state index in [1.165, 1.54) is 12.3 Å². The van der Waals surface area contributed by atoms with Crippen molar-refractivity contribution in [1.29, 1.82) is 5.26 Å². The number of pyridine rings is 2. The molecule has 9 heteroatoms. The van der Waals surface area contributed by atoms with Crippen LogP contribution < -0.4 is 10.5 Å². The van der Waals surface area contributed by atoms with E-state index in [4.69, 9.17) is 4.42 Å². The van der Waals surface area contributed by atoms with Crippen LogP contribution in [0.5, 0.6) is 0 Å². The number of furan rings is 1. The summed E-state index contributed by atoms with van der Waals surface area (Å²) in [5, 5.41) is 9.79. The number of hydrogen-bond donors (Lipinski definition) is 1. The molecule has 3 aromatic heterocycles. The third-order valence-corrected chi connectivity index (χ3v) is 4.53. The van der Waals surface area contributed by atoms with Gasteiger partial charge >= 0.3 is 0 Å². The van der Waals surface area contributed by atoms with Crippen LogP contribution in [0.4, 0.5) is 10.1 Å². The van der Waals surface area contributed by atoms with Crippen LogP contribution in [0.15, 0.2) is 39.9 Å². The summed E-state index contributed by atoms with van der Waals surface area (Å²) < 4.78 is 18.9. The molecule has 1 amide bonds.